The molecule has 0 bridgehead atoms. The fraction of sp³-hybridized carbons (Fsp3) is 0.308. The number of carbonyl (C=O) groups is 1. The van der Waals surface area contributed by atoms with E-state index >= 15 is 0 Å². The first-order valence-electron chi connectivity index (χ1n) is 6.20. The Hall–Kier alpha value is -2.35. The summed E-state index contributed by atoms with van der Waals surface area (Å²) in [7, 11) is 0. The predicted octanol–water partition coefficient (Wildman–Crippen LogP) is 2.22. The first-order chi connectivity index (χ1) is 10.1. The molecule has 0 amide bonds. The van der Waals surface area contributed by atoms with Crippen molar-refractivity contribution in [3.05, 3.63) is 35.2 Å². The third kappa shape index (κ3) is 2.49. The summed E-state index contributed by atoms with van der Waals surface area (Å²) < 4.78 is 36.7. The Morgan fingerprint density at radius 3 is 2.76 bits per heavy atom. The second kappa shape index (κ2) is 5.21. The van der Waals surface area contributed by atoms with Crippen molar-refractivity contribution in [3.63, 3.8) is 0 Å². The third-order valence-corrected chi connectivity index (χ3v) is 3.26. The number of hydrogen-bond donors (Lipinski definition) is 1. The number of halogens is 2. The van der Waals surface area contributed by atoms with Gasteiger partial charge < -0.3 is 14.4 Å². The van der Waals surface area contributed by atoms with Gasteiger partial charge >= 0.3 is 5.97 Å². The van der Waals surface area contributed by atoms with Gasteiger partial charge in [-0.05, 0) is 18.6 Å². The van der Waals surface area contributed by atoms with Gasteiger partial charge in [0.1, 0.15) is 0 Å². The number of nitrogens with zero attached hydrogens (tertiary/aromatic N) is 2. The molecule has 3 rings (SSSR count). The molecule has 2 heterocycles. The van der Waals surface area contributed by atoms with Crippen LogP contribution in [0.1, 0.15) is 28.5 Å². The minimum Gasteiger partial charge on any atom is -0.478 e. The third-order valence-electron chi connectivity index (χ3n) is 3.26. The Kier molecular flexibility index (Phi) is 3.38. The summed E-state index contributed by atoms with van der Waals surface area (Å²) in [6.07, 6.45) is 0.725. The zero-order valence-electron chi connectivity index (χ0n) is 10.7. The zero-order chi connectivity index (χ0) is 15.0. The number of rotatable bonds is 3. The maximum absolute atomic E-state index is 13.3. The average Bonchev–Trinajstić information content (AvgIpc) is 3.10. The molecule has 1 N–H and O–H groups in total. The van der Waals surface area contributed by atoms with E-state index in [-0.39, 0.29) is 17.4 Å². The summed E-state index contributed by atoms with van der Waals surface area (Å²) in [5.41, 5.74) is -0.592. The highest BCUT2D eigenvalue weighted by Gasteiger charge is 2.26. The molecule has 110 valence electrons. The predicted molar refractivity (Wildman–Crippen MR) is 64.8 cm³/mol. The first-order valence-corrected chi connectivity index (χ1v) is 6.20. The van der Waals surface area contributed by atoms with Gasteiger partial charge in [0.25, 0.3) is 5.89 Å². The van der Waals surface area contributed by atoms with E-state index in [1.807, 2.05) is 0 Å². The molecule has 21 heavy (non-hydrogen) atoms. The van der Waals surface area contributed by atoms with Gasteiger partial charge in [-0.15, -0.1) is 0 Å². The second-order valence-electron chi connectivity index (χ2n) is 4.64. The van der Waals surface area contributed by atoms with Crippen LogP contribution in [0.4, 0.5) is 8.78 Å². The van der Waals surface area contributed by atoms with Crippen molar-refractivity contribution < 1.29 is 27.9 Å². The fourth-order valence-corrected chi connectivity index (χ4v) is 2.15. The maximum atomic E-state index is 13.3. The number of aromatic carboxylic acids is 1. The summed E-state index contributed by atoms with van der Waals surface area (Å²) in [4.78, 5) is 15.2. The number of benzene rings is 1. The molecule has 1 aromatic heterocycles. The van der Waals surface area contributed by atoms with Crippen molar-refractivity contribution in [3.8, 4) is 11.5 Å². The van der Waals surface area contributed by atoms with Crippen LogP contribution in [-0.4, -0.2) is 34.4 Å². The lowest BCUT2D eigenvalue weighted by atomic mass is 10.1. The lowest BCUT2D eigenvalue weighted by Crippen LogP contribution is -2.03. The molecule has 1 aliphatic heterocycles. The number of carboxylic acids is 1. The van der Waals surface area contributed by atoms with Crippen LogP contribution >= 0.6 is 0 Å². The van der Waals surface area contributed by atoms with Crippen LogP contribution in [0.3, 0.4) is 0 Å². The van der Waals surface area contributed by atoms with Crippen LogP contribution in [-0.2, 0) is 4.74 Å². The summed E-state index contributed by atoms with van der Waals surface area (Å²) in [5, 5.41) is 12.8. The van der Waals surface area contributed by atoms with Crippen molar-refractivity contribution in [2.45, 2.75) is 12.3 Å². The number of aromatic nitrogens is 2. The molecule has 8 heteroatoms. The number of carboxylic acid groups (broad SMARTS) is 1. The monoisotopic (exact) mass is 296 g/mol. The van der Waals surface area contributed by atoms with Crippen molar-refractivity contribution >= 4 is 5.97 Å². The van der Waals surface area contributed by atoms with Crippen LogP contribution < -0.4 is 0 Å². The minimum absolute atomic E-state index is 0.0407. The smallest absolute Gasteiger partial charge is 0.336 e. The molecule has 1 unspecified atom stereocenters. The number of hydrogen-bond acceptors (Lipinski definition) is 5. The van der Waals surface area contributed by atoms with Crippen LogP contribution in [0.25, 0.3) is 11.5 Å². The van der Waals surface area contributed by atoms with Gasteiger partial charge in [0, 0.05) is 12.5 Å². The van der Waals surface area contributed by atoms with E-state index in [1.165, 1.54) is 0 Å². The maximum Gasteiger partial charge on any atom is 0.336 e. The molecule has 1 aromatic carbocycles. The Morgan fingerprint density at radius 1 is 1.33 bits per heavy atom. The van der Waals surface area contributed by atoms with Gasteiger partial charge in [-0.1, -0.05) is 5.16 Å². The van der Waals surface area contributed by atoms with Crippen LogP contribution in [0.15, 0.2) is 16.7 Å². The van der Waals surface area contributed by atoms with E-state index < -0.39 is 23.2 Å². The first kappa shape index (κ1) is 13.6. The van der Waals surface area contributed by atoms with Crippen molar-refractivity contribution in [1.29, 1.82) is 0 Å². The van der Waals surface area contributed by atoms with Gasteiger partial charge in [-0.25, -0.2) is 13.6 Å². The highest BCUT2D eigenvalue weighted by Crippen LogP contribution is 2.28. The van der Waals surface area contributed by atoms with Gasteiger partial charge in [0.05, 0.1) is 17.7 Å². The van der Waals surface area contributed by atoms with Crippen LogP contribution in [0, 0.1) is 11.6 Å². The second-order valence-corrected chi connectivity index (χ2v) is 4.64. The summed E-state index contributed by atoms with van der Waals surface area (Å²) in [6, 6.07) is 1.33. The SMILES string of the molecule is O=C(O)c1cc(F)c(F)cc1-c1nc(C2CCOC2)no1. The van der Waals surface area contributed by atoms with Crippen molar-refractivity contribution in [1.82, 2.24) is 10.1 Å². The van der Waals surface area contributed by atoms with E-state index in [4.69, 9.17) is 14.4 Å². The molecular formula is C13H10F2N2O4. The highest BCUT2D eigenvalue weighted by molar-refractivity contribution is 5.94. The normalized spacial score (nSPS) is 18.1. The Balaban J connectivity index is 2.03. The molecule has 0 spiro atoms. The van der Waals surface area contributed by atoms with Crippen LogP contribution in [0.2, 0.25) is 0 Å². The van der Waals surface area contributed by atoms with Crippen molar-refractivity contribution in [2.75, 3.05) is 13.2 Å². The Morgan fingerprint density at radius 2 is 2.10 bits per heavy atom. The molecule has 0 aliphatic carbocycles. The Labute approximate surface area is 117 Å². The molecule has 1 atom stereocenters. The summed E-state index contributed by atoms with van der Waals surface area (Å²) in [5.74, 6) is -3.68. The quantitative estimate of drug-likeness (QED) is 0.934. The van der Waals surface area contributed by atoms with E-state index in [0.29, 0.717) is 25.1 Å². The van der Waals surface area contributed by atoms with E-state index in [9.17, 15) is 13.6 Å². The average molecular weight is 296 g/mol. The molecule has 1 aliphatic rings. The van der Waals surface area contributed by atoms with Crippen molar-refractivity contribution in [2.24, 2.45) is 0 Å². The van der Waals surface area contributed by atoms with E-state index in [2.05, 4.69) is 10.1 Å². The van der Waals surface area contributed by atoms with Gasteiger partial charge in [-0.3, -0.25) is 0 Å². The molecule has 2 aromatic rings. The molecule has 1 fully saturated rings. The zero-order valence-corrected chi connectivity index (χ0v) is 10.7. The lowest BCUT2D eigenvalue weighted by molar-refractivity contribution is 0.0696. The molecular weight excluding hydrogens is 286 g/mol. The minimum atomic E-state index is -1.41. The Bertz CT molecular complexity index is 695. The van der Waals surface area contributed by atoms with E-state index in [0.717, 1.165) is 12.5 Å². The van der Waals surface area contributed by atoms with Gasteiger partial charge in [0.2, 0.25) is 0 Å². The molecule has 0 radical (unpaired) electrons. The molecule has 0 saturated carbocycles. The standard InChI is InChI=1S/C13H10F2N2O4/c14-9-3-7(8(13(18)19)4-10(9)15)12-16-11(17-21-12)6-1-2-20-5-6/h3-4,6H,1-2,5H2,(H,18,19). The highest BCUT2D eigenvalue weighted by atomic mass is 19.2. The molecule has 6 nitrogen and oxygen atoms in total. The number of ether oxygens (including phenoxy) is 1. The molecule has 1 saturated heterocycles. The van der Waals surface area contributed by atoms with Gasteiger partial charge in [0.15, 0.2) is 17.5 Å². The topological polar surface area (TPSA) is 85.5 Å². The fourth-order valence-electron chi connectivity index (χ4n) is 2.15. The summed E-state index contributed by atoms with van der Waals surface area (Å²) in [6.45, 7) is 1.03. The summed E-state index contributed by atoms with van der Waals surface area (Å²) >= 11 is 0. The largest absolute Gasteiger partial charge is 0.478 e. The van der Waals surface area contributed by atoms with Crippen LogP contribution in [0.5, 0.6) is 0 Å². The van der Waals surface area contributed by atoms with Gasteiger partial charge in [-0.2, -0.15) is 4.98 Å². The lowest BCUT2D eigenvalue weighted by Gasteiger charge is -2.02. The van der Waals surface area contributed by atoms with E-state index in [1.54, 1.807) is 0 Å².